The number of alkyl halides is 3. The number of nitrogens with one attached hydrogen (secondary N) is 1. The molecule has 0 saturated carbocycles. The van der Waals surface area contributed by atoms with Crippen molar-refractivity contribution in [1.82, 2.24) is 10.3 Å². The van der Waals surface area contributed by atoms with E-state index in [0.717, 1.165) is 22.6 Å². The summed E-state index contributed by atoms with van der Waals surface area (Å²) in [5.41, 5.74) is 3.47. The molecule has 11 heteroatoms. The molecule has 39 heavy (non-hydrogen) atoms. The lowest BCUT2D eigenvalue weighted by molar-refractivity contribution is -0.348. The molecule has 3 aliphatic heterocycles. The van der Waals surface area contributed by atoms with Gasteiger partial charge in [-0.05, 0) is 82.3 Å². The summed E-state index contributed by atoms with van der Waals surface area (Å²) >= 11 is 1.27. The molecule has 3 heterocycles. The molecule has 1 aliphatic carbocycles. The summed E-state index contributed by atoms with van der Waals surface area (Å²) in [7, 11) is 1.90. The summed E-state index contributed by atoms with van der Waals surface area (Å²) in [5.74, 6) is -1.19. The number of allylic oxidation sites excluding steroid dienone is 3. The number of hydrogen-bond donors (Lipinski definition) is 2. The van der Waals surface area contributed by atoms with Crippen molar-refractivity contribution in [3.8, 4) is 5.75 Å². The third-order valence-electron chi connectivity index (χ3n) is 7.41. The molecule has 3 unspecified atom stereocenters. The quantitative estimate of drug-likeness (QED) is 0.394. The van der Waals surface area contributed by atoms with Crippen LogP contribution in [0.5, 0.6) is 5.75 Å². The Bertz CT molecular complexity index is 1330. The van der Waals surface area contributed by atoms with Crippen LogP contribution in [0.15, 0.2) is 71.7 Å². The van der Waals surface area contributed by atoms with E-state index in [9.17, 15) is 23.1 Å². The zero-order chi connectivity index (χ0) is 28.2. The maximum absolute atomic E-state index is 13.1. The van der Waals surface area contributed by atoms with E-state index >= 15 is 0 Å². The van der Waals surface area contributed by atoms with E-state index in [1.165, 1.54) is 23.9 Å². The number of anilines is 1. The number of fused-ring (bicyclic) bond motifs is 1. The van der Waals surface area contributed by atoms with Crippen LogP contribution in [0, 0.1) is 12.3 Å². The smallest absolute Gasteiger partial charge is 0.416 e. The molecule has 3 saturated heterocycles. The number of aliphatic carboxylic acids is 1. The minimum atomic E-state index is -4.41. The molecule has 3 fully saturated rings. The predicted octanol–water partition coefficient (Wildman–Crippen LogP) is 5.77. The van der Waals surface area contributed by atoms with E-state index in [1.54, 1.807) is 18.9 Å². The molecule has 208 valence electrons. The summed E-state index contributed by atoms with van der Waals surface area (Å²) in [4.78, 5) is 14.4. The first-order valence-corrected chi connectivity index (χ1v) is 13.2. The van der Waals surface area contributed by atoms with Gasteiger partial charge in [0.2, 0.25) is 12.2 Å². The van der Waals surface area contributed by atoms with Crippen molar-refractivity contribution in [3.05, 3.63) is 77.9 Å². The van der Waals surface area contributed by atoms with Crippen molar-refractivity contribution in [2.45, 2.75) is 55.2 Å². The normalized spacial score (nSPS) is 26.5. The fourth-order valence-corrected chi connectivity index (χ4v) is 6.12. The van der Waals surface area contributed by atoms with Crippen molar-refractivity contribution in [1.29, 1.82) is 0 Å². The summed E-state index contributed by atoms with van der Waals surface area (Å²) in [6, 6.07) is 10.6. The fraction of sp³-hybridized carbons (Fsp3) is 0.393. The molecule has 4 aliphatic rings. The molecule has 2 aromatic rings. The lowest BCUT2D eigenvalue weighted by Gasteiger charge is -2.55. The van der Waals surface area contributed by atoms with Gasteiger partial charge in [0, 0.05) is 4.90 Å². The van der Waals surface area contributed by atoms with Crippen LogP contribution in [0.25, 0.3) is 0 Å². The van der Waals surface area contributed by atoms with Crippen LogP contribution in [0.4, 0.5) is 18.9 Å². The summed E-state index contributed by atoms with van der Waals surface area (Å²) in [5, 5.41) is 11.2. The standard InChI is InChI=1S/C28H30F3N3O4S/c1-18-16-21(39-25(2,3)23(35)36)12-13-22(18)37-17-26(14-6-5-7-15-26)28-32-34(24(38-28)33(28)4)20-10-8-19(9-11-20)27(29,30)31/h5-14,16,24,32H,15,17H2,1-4H3,(H,35,36). The molecule has 0 spiro atoms. The number of hydrogen-bond acceptors (Lipinski definition) is 7. The molecule has 7 nitrogen and oxygen atoms in total. The first-order chi connectivity index (χ1) is 18.3. The van der Waals surface area contributed by atoms with E-state index < -0.39 is 40.1 Å². The van der Waals surface area contributed by atoms with Gasteiger partial charge in [-0.1, -0.05) is 24.3 Å². The van der Waals surface area contributed by atoms with Crippen LogP contribution < -0.4 is 15.2 Å². The van der Waals surface area contributed by atoms with Gasteiger partial charge in [-0.15, -0.1) is 11.8 Å². The molecule has 2 bridgehead atoms. The molecule has 6 rings (SSSR count). The first-order valence-electron chi connectivity index (χ1n) is 12.4. The van der Waals surface area contributed by atoms with Crippen LogP contribution in [0.1, 0.15) is 31.4 Å². The van der Waals surface area contributed by atoms with E-state index in [2.05, 4.69) is 5.43 Å². The van der Waals surface area contributed by atoms with Crippen molar-refractivity contribution in [2.75, 3.05) is 18.7 Å². The van der Waals surface area contributed by atoms with Crippen LogP contribution in [0.2, 0.25) is 0 Å². The van der Waals surface area contributed by atoms with Gasteiger partial charge in [0.25, 0.3) is 0 Å². The van der Waals surface area contributed by atoms with Gasteiger partial charge < -0.3 is 14.6 Å². The highest BCUT2D eigenvalue weighted by Gasteiger charge is 2.71. The molecule has 2 N–H and O–H groups in total. The van der Waals surface area contributed by atoms with Crippen molar-refractivity contribution in [3.63, 3.8) is 0 Å². The third kappa shape index (κ3) is 4.71. The predicted molar refractivity (Wildman–Crippen MR) is 142 cm³/mol. The number of hydrazine groups is 1. The average Bonchev–Trinajstić information content (AvgIpc) is 3.44. The Morgan fingerprint density at radius 1 is 1.21 bits per heavy atom. The van der Waals surface area contributed by atoms with Crippen molar-refractivity contribution in [2.24, 2.45) is 5.41 Å². The zero-order valence-corrected chi connectivity index (χ0v) is 22.8. The van der Waals surface area contributed by atoms with Crippen molar-refractivity contribution < 1.29 is 32.5 Å². The maximum atomic E-state index is 13.1. The van der Waals surface area contributed by atoms with Crippen LogP contribution in [-0.2, 0) is 15.7 Å². The zero-order valence-electron chi connectivity index (χ0n) is 22.0. The Morgan fingerprint density at radius 3 is 2.49 bits per heavy atom. The summed E-state index contributed by atoms with van der Waals surface area (Å²) in [6.45, 7) is 5.50. The number of carboxylic acid groups (broad SMARTS) is 1. The topological polar surface area (TPSA) is 74.3 Å². The molecule has 0 aromatic heterocycles. The van der Waals surface area contributed by atoms with E-state index in [1.807, 2.05) is 61.4 Å². The highest BCUT2D eigenvalue weighted by Crippen LogP contribution is 2.54. The minimum Gasteiger partial charge on any atom is -0.492 e. The second-order valence-electron chi connectivity index (χ2n) is 10.5. The largest absolute Gasteiger partial charge is 0.492 e. The Hall–Kier alpha value is -2.99. The average molecular weight is 562 g/mol. The van der Waals surface area contributed by atoms with Gasteiger partial charge in [-0.2, -0.15) is 18.6 Å². The van der Waals surface area contributed by atoms with Gasteiger partial charge in [0.05, 0.1) is 16.7 Å². The van der Waals surface area contributed by atoms with Crippen LogP contribution >= 0.6 is 11.8 Å². The van der Waals surface area contributed by atoms with Gasteiger partial charge in [-0.3, -0.25) is 9.80 Å². The minimum absolute atomic E-state index is 0.257. The number of halogens is 3. The first kappa shape index (κ1) is 27.6. The number of aryl methyl sites for hydroxylation is 1. The monoisotopic (exact) mass is 561 g/mol. The highest BCUT2D eigenvalue weighted by molar-refractivity contribution is 8.01. The summed E-state index contributed by atoms with van der Waals surface area (Å²) < 4.78 is 50.9. The van der Waals surface area contributed by atoms with Crippen molar-refractivity contribution >= 4 is 23.4 Å². The van der Waals surface area contributed by atoms with Gasteiger partial charge in [0.1, 0.15) is 17.1 Å². The highest BCUT2D eigenvalue weighted by atomic mass is 32.2. The maximum Gasteiger partial charge on any atom is 0.416 e. The van der Waals surface area contributed by atoms with E-state index in [0.29, 0.717) is 17.9 Å². The third-order valence-corrected chi connectivity index (χ3v) is 8.58. The lowest BCUT2D eigenvalue weighted by Crippen LogP contribution is -2.73. The van der Waals surface area contributed by atoms with Gasteiger partial charge in [0.15, 0.2) is 0 Å². The Morgan fingerprint density at radius 2 is 1.92 bits per heavy atom. The number of rotatable bonds is 8. The SMILES string of the molecule is Cc1cc(SC(C)(C)C(=O)O)ccc1OCC1(C23NN(c4ccc(C(F)(F)F)cc4)C(O2)N3C)C=CC=CC1. The van der Waals surface area contributed by atoms with E-state index in [4.69, 9.17) is 9.47 Å². The lowest BCUT2D eigenvalue weighted by atomic mass is 9.75. The van der Waals surface area contributed by atoms with Gasteiger partial charge >= 0.3 is 12.1 Å². The number of carboxylic acids is 1. The molecule has 0 amide bonds. The van der Waals surface area contributed by atoms with Gasteiger partial charge in [-0.25, -0.2) is 4.90 Å². The number of benzene rings is 2. The number of nitrogens with zero attached hydrogens (tertiary/aromatic N) is 2. The fourth-order valence-electron chi connectivity index (χ4n) is 5.07. The van der Waals surface area contributed by atoms with Crippen LogP contribution in [-0.4, -0.2) is 46.6 Å². The second-order valence-corrected chi connectivity index (χ2v) is 12.2. The Kier molecular flexibility index (Phi) is 6.77. The second kappa shape index (κ2) is 9.58. The summed E-state index contributed by atoms with van der Waals surface area (Å²) in [6.07, 6.45) is 3.67. The molecule has 2 aromatic carbocycles. The van der Waals surface area contributed by atoms with E-state index in [-0.39, 0.29) is 6.61 Å². The molecule has 0 radical (unpaired) electrons. The number of thioether (sulfide) groups is 1. The number of carbonyl (C=O) groups is 1. The molecular formula is C28H30F3N3O4S. The molecule has 3 atom stereocenters. The Labute approximate surface area is 229 Å². The van der Waals surface area contributed by atoms with Crippen LogP contribution in [0.3, 0.4) is 0 Å². The molecular weight excluding hydrogens is 531 g/mol. The number of ether oxygens (including phenoxy) is 2. The Balaban J connectivity index is 1.35.